The number of nitrogens with one attached hydrogen (secondary N) is 1. The van der Waals surface area contributed by atoms with E-state index in [1.54, 1.807) is 0 Å². The minimum Gasteiger partial charge on any atom is -0.339 e. The number of carbonyl (C=O) groups excluding carboxylic acids is 3. The van der Waals surface area contributed by atoms with Crippen LogP contribution in [0.3, 0.4) is 0 Å². The average Bonchev–Trinajstić information content (AvgIpc) is 3.36. The molecule has 0 spiro atoms. The van der Waals surface area contributed by atoms with Crippen LogP contribution in [0.1, 0.15) is 18.4 Å². The topological polar surface area (TPSA) is 79.4 Å². The minimum atomic E-state index is -0.0278. The van der Waals surface area contributed by atoms with Crippen molar-refractivity contribution in [2.75, 3.05) is 83.9 Å². The van der Waals surface area contributed by atoms with Gasteiger partial charge in [-0.25, -0.2) is 4.79 Å². The fourth-order valence-corrected chi connectivity index (χ4v) is 4.69. The van der Waals surface area contributed by atoms with Crippen molar-refractivity contribution in [1.82, 2.24) is 24.5 Å². The lowest BCUT2D eigenvalue weighted by atomic mass is 10.2. The maximum absolute atomic E-state index is 12.8. The van der Waals surface area contributed by atoms with E-state index in [1.165, 1.54) is 0 Å². The van der Waals surface area contributed by atoms with Crippen LogP contribution in [0.4, 0.5) is 10.5 Å². The molecule has 0 unspecified atom stereocenters. The van der Waals surface area contributed by atoms with Crippen LogP contribution in [-0.2, 0) is 9.59 Å². The number of urea groups is 1. The van der Waals surface area contributed by atoms with Gasteiger partial charge in [-0.05, 0) is 31.9 Å². The SMILES string of the molecule is Cc1ccc(NC(=O)CN2CCN(C(=O)CN3CCN(C(=O)N4CCCC4)CC3)CC2)cc1. The van der Waals surface area contributed by atoms with Crippen LogP contribution in [0, 0.1) is 6.92 Å². The van der Waals surface area contributed by atoms with Gasteiger partial charge >= 0.3 is 6.03 Å². The summed E-state index contributed by atoms with van der Waals surface area (Å²) in [7, 11) is 0. The Labute approximate surface area is 196 Å². The monoisotopic (exact) mass is 456 g/mol. The standard InChI is InChI=1S/C24H36N6O3/c1-20-4-6-21(7-5-20)25-22(31)18-26-10-14-28(15-11-26)23(32)19-27-12-16-30(17-13-27)24(33)29-8-2-3-9-29/h4-7H,2-3,8-19H2,1H3,(H,25,31). The molecule has 0 aromatic heterocycles. The van der Waals surface area contributed by atoms with Gasteiger partial charge in [0.1, 0.15) is 0 Å². The number of carbonyl (C=O) groups is 3. The maximum atomic E-state index is 12.8. The van der Waals surface area contributed by atoms with E-state index in [9.17, 15) is 14.4 Å². The third-order valence-electron chi connectivity index (χ3n) is 6.81. The number of benzene rings is 1. The van der Waals surface area contributed by atoms with Crippen molar-refractivity contribution < 1.29 is 14.4 Å². The first kappa shape index (κ1) is 23.5. The van der Waals surface area contributed by atoms with Crippen molar-refractivity contribution in [3.8, 4) is 0 Å². The van der Waals surface area contributed by atoms with Crippen molar-refractivity contribution in [3.63, 3.8) is 0 Å². The molecule has 0 saturated carbocycles. The Balaban J connectivity index is 1.13. The van der Waals surface area contributed by atoms with Gasteiger partial charge in [0.2, 0.25) is 11.8 Å². The average molecular weight is 457 g/mol. The Hall–Kier alpha value is -2.65. The van der Waals surface area contributed by atoms with Crippen LogP contribution < -0.4 is 5.32 Å². The summed E-state index contributed by atoms with van der Waals surface area (Å²) in [5.74, 6) is 0.109. The molecule has 0 aliphatic carbocycles. The summed E-state index contributed by atoms with van der Waals surface area (Å²) in [6.07, 6.45) is 2.20. The zero-order valence-corrected chi connectivity index (χ0v) is 19.7. The van der Waals surface area contributed by atoms with Gasteiger partial charge < -0.3 is 20.0 Å². The number of amides is 4. The molecule has 4 amide bonds. The summed E-state index contributed by atoms with van der Waals surface area (Å²) in [5, 5.41) is 2.94. The number of likely N-dealkylation sites (tertiary alicyclic amines) is 1. The van der Waals surface area contributed by atoms with Gasteiger partial charge in [-0.15, -0.1) is 0 Å². The van der Waals surface area contributed by atoms with E-state index in [2.05, 4.69) is 15.1 Å². The predicted molar refractivity (Wildman–Crippen MR) is 127 cm³/mol. The van der Waals surface area contributed by atoms with Gasteiger partial charge in [-0.3, -0.25) is 19.4 Å². The number of hydrogen-bond donors (Lipinski definition) is 1. The Morgan fingerprint density at radius 2 is 1.21 bits per heavy atom. The molecule has 3 heterocycles. The van der Waals surface area contributed by atoms with Gasteiger partial charge in [-0.1, -0.05) is 17.7 Å². The molecular weight excluding hydrogens is 420 g/mol. The normalized spacial score (nSPS) is 20.2. The molecule has 9 heteroatoms. The van der Waals surface area contributed by atoms with Crippen LogP contribution in [0.15, 0.2) is 24.3 Å². The van der Waals surface area contributed by atoms with Crippen LogP contribution >= 0.6 is 0 Å². The Morgan fingerprint density at radius 3 is 1.82 bits per heavy atom. The molecular formula is C24H36N6O3. The molecule has 180 valence electrons. The second kappa shape index (κ2) is 11.0. The van der Waals surface area contributed by atoms with Gasteiger partial charge in [0.05, 0.1) is 13.1 Å². The zero-order valence-electron chi connectivity index (χ0n) is 19.7. The molecule has 0 radical (unpaired) electrons. The summed E-state index contributed by atoms with van der Waals surface area (Å²) in [5.41, 5.74) is 1.97. The molecule has 0 atom stereocenters. The second-order valence-electron chi connectivity index (χ2n) is 9.31. The second-order valence-corrected chi connectivity index (χ2v) is 9.31. The van der Waals surface area contributed by atoms with E-state index in [-0.39, 0.29) is 17.8 Å². The number of piperazine rings is 2. The van der Waals surface area contributed by atoms with E-state index in [0.717, 1.165) is 50.3 Å². The van der Waals surface area contributed by atoms with Crippen LogP contribution in [0.2, 0.25) is 0 Å². The highest BCUT2D eigenvalue weighted by atomic mass is 16.2. The third kappa shape index (κ3) is 6.45. The van der Waals surface area contributed by atoms with Crippen molar-refractivity contribution in [1.29, 1.82) is 0 Å². The molecule has 1 aromatic rings. The summed E-state index contributed by atoms with van der Waals surface area (Å²) in [6.45, 7) is 10.0. The first-order valence-electron chi connectivity index (χ1n) is 12.1. The summed E-state index contributed by atoms with van der Waals surface area (Å²) in [4.78, 5) is 47.7. The summed E-state index contributed by atoms with van der Waals surface area (Å²) in [6, 6.07) is 7.93. The van der Waals surface area contributed by atoms with Crippen LogP contribution in [0.25, 0.3) is 0 Å². The van der Waals surface area contributed by atoms with E-state index < -0.39 is 0 Å². The molecule has 0 bridgehead atoms. The molecule has 1 N–H and O–H groups in total. The lowest BCUT2D eigenvalue weighted by molar-refractivity contribution is -0.134. The van der Waals surface area contributed by atoms with Gasteiger partial charge in [0, 0.05) is 71.1 Å². The van der Waals surface area contributed by atoms with Gasteiger partial charge in [0.15, 0.2) is 0 Å². The largest absolute Gasteiger partial charge is 0.339 e. The molecule has 3 fully saturated rings. The number of nitrogens with zero attached hydrogens (tertiary/aromatic N) is 5. The maximum Gasteiger partial charge on any atom is 0.320 e. The van der Waals surface area contributed by atoms with Crippen molar-refractivity contribution in [2.45, 2.75) is 19.8 Å². The molecule has 3 saturated heterocycles. The minimum absolute atomic E-state index is 0.0278. The highest BCUT2D eigenvalue weighted by molar-refractivity contribution is 5.92. The highest BCUT2D eigenvalue weighted by Crippen LogP contribution is 2.13. The zero-order chi connectivity index (χ0) is 23.2. The fourth-order valence-electron chi connectivity index (χ4n) is 4.69. The molecule has 33 heavy (non-hydrogen) atoms. The lowest BCUT2D eigenvalue weighted by Crippen LogP contribution is -2.56. The first-order valence-corrected chi connectivity index (χ1v) is 12.1. The molecule has 3 aliphatic heterocycles. The molecule has 9 nitrogen and oxygen atoms in total. The number of rotatable bonds is 5. The number of aryl methyl sites for hydroxylation is 1. The van der Waals surface area contributed by atoms with Crippen LogP contribution in [-0.4, -0.2) is 121 Å². The van der Waals surface area contributed by atoms with E-state index in [4.69, 9.17) is 0 Å². The molecule has 1 aromatic carbocycles. The third-order valence-corrected chi connectivity index (χ3v) is 6.81. The van der Waals surface area contributed by atoms with Crippen molar-refractivity contribution in [3.05, 3.63) is 29.8 Å². The smallest absolute Gasteiger partial charge is 0.320 e. The van der Waals surface area contributed by atoms with Crippen LogP contribution in [0.5, 0.6) is 0 Å². The quantitative estimate of drug-likeness (QED) is 0.713. The summed E-state index contributed by atoms with van der Waals surface area (Å²) >= 11 is 0. The fraction of sp³-hybridized carbons (Fsp3) is 0.625. The Bertz CT molecular complexity index is 823. The highest BCUT2D eigenvalue weighted by Gasteiger charge is 2.29. The Kier molecular flexibility index (Phi) is 7.82. The summed E-state index contributed by atoms with van der Waals surface area (Å²) < 4.78 is 0. The molecule has 4 rings (SSSR count). The van der Waals surface area contributed by atoms with E-state index in [0.29, 0.717) is 52.4 Å². The van der Waals surface area contributed by atoms with Gasteiger partial charge in [0.25, 0.3) is 0 Å². The lowest BCUT2D eigenvalue weighted by Gasteiger charge is -2.38. The number of anilines is 1. The van der Waals surface area contributed by atoms with Crippen molar-refractivity contribution in [2.24, 2.45) is 0 Å². The van der Waals surface area contributed by atoms with E-state index in [1.807, 2.05) is 45.9 Å². The van der Waals surface area contributed by atoms with Crippen molar-refractivity contribution >= 4 is 23.5 Å². The first-order chi connectivity index (χ1) is 16.0. The van der Waals surface area contributed by atoms with Gasteiger partial charge in [-0.2, -0.15) is 0 Å². The Morgan fingerprint density at radius 1 is 0.697 bits per heavy atom. The van der Waals surface area contributed by atoms with E-state index >= 15 is 0 Å². The molecule has 3 aliphatic rings. The number of hydrogen-bond acceptors (Lipinski definition) is 5. The predicted octanol–water partition coefficient (Wildman–Crippen LogP) is 0.911.